The normalized spacial score (nSPS) is 11.2. The highest BCUT2D eigenvalue weighted by molar-refractivity contribution is 9.10. The number of nitrogens with zero attached hydrogens (tertiary/aromatic N) is 1. The van der Waals surface area contributed by atoms with Gasteiger partial charge in [-0.05, 0) is 24.6 Å². The predicted octanol–water partition coefficient (Wildman–Crippen LogP) is 2.49. The molecule has 0 saturated heterocycles. The minimum atomic E-state index is 0.528. The second-order valence-electron chi connectivity index (χ2n) is 3.70. The van der Waals surface area contributed by atoms with E-state index in [0.717, 1.165) is 35.3 Å². The summed E-state index contributed by atoms with van der Waals surface area (Å²) in [5.41, 5.74) is 3.35. The van der Waals surface area contributed by atoms with Crippen LogP contribution in [-0.2, 0) is 0 Å². The van der Waals surface area contributed by atoms with Gasteiger partial charge in [-0.3, -0.25) is 10.4 Å². The molecular formula is C12H19BrN4O. The van der Waals surface area contributed by atoms with Gasteiger partial charge >= 0.3 is 0 Å². The number of aliphatic imine (C=N–C) groups is 1. The highest BCUT2D eigenvalue weighted by Crippen LogP contribution is 2.27. The molecule has 6 heteroatoms. The van der Waals surface area contributed by atoms with Crippen molar-refractivity contribution in [2.45, 2.75) is 19.8 Å². The van der Waals surface area contributed by atoms with Gasteiger partial charge in [0.15, 0.2) is 0 Å². The van der Waals surface area contributed by atoms with Crippen LogP contribution >= 0.6 is 15.9 Å². The zero-order chi connectivity index (χ0) is 13.4. The number of guanidine groups is 1. The number of anilines is 1. The Morgan fingerprint density at radius 3 is 2.89 bits per heavy atom. The van der Waals surface area contributed by atoms with Gasteiger partial charge < -0.3 is 10.1 Å². The fourth-order valence-electron chi connectivity index (χ4n) is 1.38. The molecule has 0 bridgehead atoms. The zero-order valence-corrected chi connectivity index (χ0v) is 12.3. The first-order chi connectivity index (χ1) is 8.71. The predicted molar refractivity (Wildman–Crippen MR) is 78.8 cm³/mol. The van der Waals surface area contributed by atoms with E-state index in [2.05, 4.69) is 38.6 Å². The Hall–Kier alpha value is -1.27. The van der Waals surface area contributed by atoms with Crippen molar-refractivity contribution in [3.05, 3.63) is 22.7 Å². The zero-order valence-electron chi connectivity index (χ0n) is 10.7. The fraction of sp³-hybridized carbons (Fsp3) is 0.417. The summed E-state index contributed by atoms with van der Waals surface area (Å²) in [7, 11) is 1.62. The molecule has 0 aliphatic rings. The van der Waals surface area contributed by atoms with E-state index in [0.29, 0.717) is 5.96 Å². The molecule has 5 nitrogen and oxygen atoms in total. The molecule has 0 unspecified atom stereocenters. The highest BCUT2D eigenvalue weighted by atomic mass is 79.9. The summed E-state index contributed by atoms with van der Waals surface area (Å²) in [6.45, 7) is 2.86. The van der Waals surface area contributed by atoms with Crippen LogP contribution in [0.4, 0.5) is 5.69 Å². The lowest BCUT2D eigenvalue weighted by Gasteiger charge is -2.13. The first-order valence-corrected chi connectivity index (χ1v) is 6.62. The Kier molecular flexibility index (Phi) is 6.53. The first kappa shape index (κ1) is 14.8. The molecule has 1 rings (SSSR count). The van der Waals surface area contributed by atoms with E-state index in [1.165, 1.54) is 0 Å². The van der Waals surface area contributed by atoms with E-state index in [-0.39, 0.29) is 0 Å². The Bertz CT molecular complexity index is 409. The van der Waals surface area contributed by atoms with Gasteiger partial charge in [0, 0.05) is 11.0 Å². The van der Waals surface area contributed by atoms with Gasteiger partial charge in [0.25, 0.3) is 0 Å². The van der Waals surface area contributed by atoms with Crippen LogP contribution in [0.2, 0.25) is 0 Å². The quantitative estimate of drug-likeness (QED) is 0.257. The lowest BCUT2D eigenvalue weighted by molar-refractivity contribution is 0.417. The average Bonchev–Trinajstić information content (AvgIpc) is 2.38. The van der Waals surface area contributed by atoms with Crippen LogP contribution < -0.4 is 21.3 Å². The summed E-state index contributed by atoms with van der Waals surface area (Å²) in [4.78, 5) is 4.33. The van der Waals surface area contributed by atoms with Crippen LogP contribution in [0.1, 0.15) is 19.8 Å². The van der Waals surface area contributed by atoms with Gasteiger partial charge in [0.2, 0.25) is 5.96 Å². The summed E-state index contributed by atoms with van der Waals surface area (Å²) in [5, 5.41) is 3.11. The number of methoxy groups -OCH3 is 1. The fourth-order valence-corrected chi connectivity index (χ4v) is 1.74. The monoisotopic (exact) mass is 314 g/mol. The minimum absolute atomic E-state index is 0.528. The number of hydrogen-bond donors (Lipinski definition) is 3. The molecule has 0 atom stereocenters. The van der Waals surface area contributed by atoms with Gasteiger partial charge in [0.1, 0.15) is 5.75 Å². The molecule has 1 aromatic rings. The maximum Gasteiger partial charge on any atom is 0.210 e. The van der Waals surface area contributed by atoms with Gasteiger partial charge in [-0.15, -0.1) is 0 Å². The van der Waals surface area contributed by atoms with Crippen molar-refractivity contribution in [1.82, 2.24) is 5.43 Å². The Morgan fingerprint density at radius 2 is 2.28 bits per heavy atom. The highest BCUT2D eigenvalue weighted by Gasteiger charge is 2.05. The van der Waals surface area contributed by atoms with Crippen molar-refractivity contribution < 1.29 is 4.74 Å². The molecule has 0 aliphatic carbocycles. The van der Waals surface area contributed by atoms with Gasteiger partial charge in [-0.25, -0.2) is 5.84 Å². The van der Waals surface area contributed by atoms with Crippen molar-refractivity contribution in [3.63, 3.8) is 0 Å². The van der Waals surface area contributed by atoms with Crippen LogP contribution in [0.25, 0.3) is 0 Å². The number of nitrogens with one attached hydrogen (secondary N) is 2. The summed E-state index contributed by atoms with van der Waals surface area (Å²) in [6.07, 6.45) is 2.13. The lowest BCUT2D eigenvalue weighted by atomic mass is 10.3. The third-order valence-corrected chi connectivity index (χ3v) is 2.83. The number of hydrazine groups is 1. The topological polar surface area (TPSA) is 71.7 Å². The third kappa shape index (κ3) is 4.54. The standard InChI is InChI=1S/C12H19BrN4O/c1-3-4-7-15-12(17-14)16-10-8-9(13)5-6-11(10)18-2/h5-6,8H,3-4,7,14H2,1-2H3,(H2,15,16,17). The van der Waals surface area contributed by atoms with E-state index in [4.69, 9.17) is 10.6 Å². The van der Waals surface area contributed by atoms with Crippen molar-refractivity contribution >= 4 is 27.6 Å². The number of rotatable bonds is 5. The Labute approximate surface area is 116 Å². The number of benzene rings is 1. The molecule has 4 N–H and O–H groups in total. The average molecular weight is 315 g/mol. The van der Waals surface area contributed by atoms with Crippen LogP contribution in [0.5, 0.6) is 5.75 Å². The van der Waals surface area contributed by atoms with Gasteiger partial charge in [0.05, 0.1) is 12.8 Å². The molecule has 0 heterocycles. The third-order valence-electron chi connectivity index (χ3n) is 2.33. The molecule has 0 saturated carbocycles. The van der Waals surface area contributed by atoms with Crippen LogP contribution in [-0.4, -0.2) is 19.6 Å². The van der Waals surface area contributed by atoms with Crippen LogP contribution in [0.15, 0.2) is 27.7 Å². The molecular weight excluding hydrogens is 296 g/mol. The molecule has 0 aromatic heterocycles. The molecule has 0 spiro atoms. The smallest absolute Gasteiger partial charge is 0.210 e. The number of nitrogens with two attached hydrogens (primary N) is 1. The number of unbranched alkanes of at least 4 members (excludes halogenated alkanes) is 1. The van der Waals surface area contributed by atoms with Crippen molar-refractivity contribution in [1.29, 1.82) is 0 Å². The minimum Gasteiger partial charge on any atom is -0.495 e. The largest absolute Gasteiger partial charge is 0.495 e. The SMILES string of the molecule is CCCCN=C(NN)Nc1cc(Br)ccc1OC. The van der Waals surface area contributed by atoms with Crippen LogP contribution in [0, 0.1) is 0 Å². The van der Waals surface area contributed by atoms with Crippen molar-refractivity contribution in [3.8, 4) is 5.75 Å². The van der Waals surface area contributed by atoms with E-state index in [1.807, 2.05) is 18.2 Å². The molecule has 100 valence electrons. The number of hydrogen-bond acceptors (Lipinski definition) is 3. The van der Waals surface area contributed by atoms with E-state index in [9.17, 15) is 0 Å². The summed E-state index contributed by atoms with van der Waals surface area (Å²) >= 11 is 3.41. The molecule has 0 amide bonds. The van der Waals surface area contributed by atoms with Crippen molar-refractivity contribution in [2.75, 3.05) is 19.0 Å². The number of ether oxygens (including phenoxy) is 1. The Balaban J connectivity index is 2.80. The molecule has 18 heavy (non-hydrogen) atoms. The molecule has 0 fully saturated rings. The summed E-state index contributed by atoms with van der Waals surface area (Å²) < 4.78 is 6.22. The second-order valence-corrected chi connectivity index (χ2v) is 4.61. The maximum atomic E-state index is 5.44. The summed E-state index contributed by atoms with van der Waals surface area (Å²) in [5.74, 6) is 6.70. The molecule has 0 radical (unpaired) electrons. The van der Waals surface area contributed by atoms with Crippen LogP contribution in [0.3, 0.4) is 0 Å². The summed E-state index contributed by atoms with van der Waals surface area (Å²) in [6, 6.07) is 5.69. The van der Waals surface area contributed by atoms with E-state index in [1.54, 1.807) is 7.11 Å². The van der Waals surface area contributed by atoms with Gasteiger partial charge in [-0.2, -0.15) is 0 Å². The van der Waals surface area contributed by atoms with E-state index >= 15 is 0 Å². The van der Waals surface area contributed by atoms with Gasteiger partial charge in [-0.1, -0.05) is 29.3 Å². The second kappa shape index (κ2) is 7.94. The molecule has 0 aliphatic heterocycles. The Morgan fingerprint density at radius 1 is 1.50 bits per heavy atom. The van der Waals surface area contributed by atoms with Crippen molar-refractivity contribution in [2.24, 2.45) is 10.8 Å². The molecule has 1 aromatic carbocycles. The number of halogens is 1. The van der Waals surface area contributed by atoms with E-state index < -0.39 is 0 Å². The maximum absolute atomic E-state index is 5.44. The lowest BCUT2D eigenvalue weighted by Crippen LogP contribution is -2.36. The first-order valence-electron chi connectivity index (χ1n) is 5.83.